The highest BCUT2D eigenvalue weighted by Gasteiger charge is 1.80. The van der Waals surface area contributed by atoms with Gasteiger partial charge in [-0.1, -0.05) is 6.08 Å². The fraction of sp³-hybridized carbons (Fsp3) is 0.200. The second kappa shape index (κ2) is 4.05. The van der Waals surface area contributed by atoms with E-state index >= 15 is 0 Å². The topological polar surface area (TPSA) is 62.2 Å². The van der Waals surface area contributed by atoms with Crippen LogP contribution in [0, 0.1) is 5.41 Å². The van der Waals surface area contributed by atoms with Crippen LogP contribution >= 0.6 is 0 Å². The van der Waals surface area contributed by atoms with Crippen molar-refractivity contribution in [2.75, 3.05) is 0 Å². The van der Waals surface area contributed by atoms with Crippen molar-refractivity contribution in [1.29, 1.82) is 5.41 Å². The predicted octanol–water partition coefficient (Wildman–Crippen LogP) is 0.527. The third-order valence-corrected chi connectivity index (χ3v) is 0.584. The number of rotatable bonds is 3. The van der Waals surface area contributed by atoms with E-state index in [1.165, 1.54) is 0 Å². The molecule has 0 aromatic heterocycles. The maximum absolute atomic E-state index is 6.48. The van der Waals surface area contributed by atoms with Crippen LogP contribution in [0.5, 0.6) is 0 Å². The zero-order valence-corrected chi connectivity index (χ0v) is 4.59. The van der Waals surface area contributed by atoms with Crippen molar-refractivity contribution in [2.24, 2.45) is 10.7 Å². The van der Waals surface area contributed by atoms with E-state index in [0.717, 1.165) is 6.34 Å². The van der Waals surface area contributed by atoms with Crippen LogP contribution in [-0.4, -0.2) is 12.2 Å². The van der Waals surface area contributed by atoms with Gasteiger partial charge in [0.15, 0.2) is 0 Å². The molecule has 0 aromatic carbocycles. The number of hydrogen-bond acceptors (Lipinski definition) is 1. The van der Waals surface area contributed by atoms with Gasteiger partial charge in [0.25, 0.3) is 0 Å². The highest BCUT2D eigenvalue weighted by atomic mass is 14.9. The van der Waals surface area contributed by atoms with Gasteiger partial charge in [-0.3, -0.25) is 5.41 Å². The molecule has 8 heavy (non-hydrogen) atoms. The number of amidine groups is 1. The number of nitrogens with two attached hydrogens (primary N) is 1. The van der Waals surface area contributed by atoms with E-state index in [2.05, 4.69) is 11.6 Å². The largest absolute Gasteiger partial charge is 0.387 e. The summed E-state index contributed by atoms with van der Waals surface area (Å²) in [4.78, 5) is 3.48. The quantitative estimate of drug-likeness (QED) is 0.311. The van der Waals surface area contributed by atoms with E-state index in [1.54, 1.807) is 6.08 Å². The minimum absolute atomic E-state index is 0.426. The molecule has 0 amide bonds. The Labute approximate surface area is 48.4 Å². The SMILES string of the molecule is C=CCC(N)=NC=N. The molecule has 44 valence electrons. The van der Waals surface area contributed by atoms with Gasteiger partial charge in [0, 0.05) is 6.42 Å². The van der Waals surface area contributed by atoms with Gasteiger partial charge < -0.3 is 5.73 Å². The summed E-state index contributed by atoms with van der Waals surface area (Å²) in [6.07, 6.45) is 3.11. The Kier molecular flexibility index (Phi) is 3.48. The second-order valence-corrected chi connectivity index (χ2v) is 1.24. The van der Waals surface area contributed by atoms with E-state index in [4.69, 9.17) is 11.1 Å². The van der Waals surface area contributed by atoms with Gasteiger partial charge in [-0.15, -0.1) is 6.58 Å². The molecule has 0 atom stereocenters. The average Bonchev–Trinajstić information content (AvgIpc) is 1.68. The monoisotopic (exact) mass is 111 g/mol. The first-order valence-electron chi connectivity index (χ1n) is 2.23. The van der Waals surface area contributed by atoms with E-state index in [9.17, 15) is 0 Å². The van der Waals surface area contributed by atoms with Crippen molar-refractivity contribution in [1.82, 2.24) is 0 Å². The number of aliphatic imine (C=N–C) groups is 1. The Bertz CT molecular complexity index is 115. The third kappa shape index (κ3) is 3.08. The summed E-state index contributed by atoms with van der Waals surface area (Å²) in [7, 11) is 0. The average molecular weight is 111 g/mol. The molecule has 0 aliphatic rings. The van der Waals surface area contributed by atoms with Gasteiger partial charge >= 0.3 is 0 Å². The zero-order valence-electron chi connectivity index (χ0n) is 4.59. The molecule has 3 nitrogen and oxygen atoms in total. The van der Waals surface area contributed by atoms with E-state index in [1.807, 2.05) is 0 Å². The van der Waals surface area contributed by atoms with Gasteiger partial charge in [-0.25, -0.2) is 4.99 Å². The van der Waals surface area contributed by atoms with E-state index < -0.39 is 0 Å². The molecule has 3 N–H and O–H groups in total. The normalized spacial score (nSPS) is 10.8. The van der Waals surface area contributed by atoms with Crippen LogP contribution in [-0.2, 0) is 0 Å². The van der Waals surface area contributed by atoms with Crippen molar-refractivity contribution in [3.63, 3.8) is 0 Å². The van der Waals surface area contributed by atoms with E-state index in [-0.39, 0.29) is 0 Å². The highest BCUT2D eigenvalue weighted by Crippen LogP contribution is 1.77. The Morgan fingerprint density at radius 1 is 1.88 bits per heavy atom. The minimum atomic E-state index is 0.426. The fourth-order valence-corrected chi connectivity index (χ4v) is 0.283. The van der Waals surface area contributed by atoms with E-state index in [0.29, 0.717) is 12.3 Å². The van der Waals surface area contributed by atoms with Crippen LogP contribution in [0.2, 0.25) is 0 Å². The van der Waals surface area contributed by atoms with Crippen molar-refractivity contribution < 1.29 is 0 Å². The lowest BCUT2D eigenvalue weighted by atomic mass is 10.4. The summed E-state index contributed by atoms with van der Waals surface area (Å²) < 4.78 is 0. The molecule has 0 saturated carbocycles. The van der Waals surface area contributed by atoms with Crippen LogP contribution in [0.25, 0.3) is 0 Å². The molecule has 0 bridgehead atoms. The lowest BCUT2D eigenvalue weighted by Gasteiger charge is -1.87. The first-order valence-corrected chi connectivity index (χ1v) is 2.23. The maximum atomic E-state index is 6.48. The molecular formula is C5H9N3. The Morgan fingerprint density at radius 2 is 2.50 bits per heavy atom. The van der Waals surface area contributed by atoms with Gasteiger partial charge in [0.05, 0.1) is 0 Å². The first-order chi connectivity index (χ1) is 3.81. The van der Waals surface area contributed by atoms with Crippen molar-refractivity contribution >= 4 is 12.2 Å². The summed E-state index contributed by atoms with van der Waals surface area (Å²) >= 11 is 0. The molecule has 0 heterocycles. The van der Waals surface area contributed by atoms with Crippen LogP contribution in [0.15, 0.2) is 17.6 Å². The van der Waals surface area contributed by atoms with Crippen LogP contribution in [0.3, 0.4) is 0 Å². The summed E-state index contributed by atoms with van der Waals surface area (Å²) in [6, 6.07) is 0. The molecular weight excluding hydrogens is 102 g/mol. The van der Waals surface area contributed by atoms with Crippen molar-refractivity contribution in [3.05, 3.63) is 12.7 Å². The van der Waals surface area contributed by atoms with Gasteiger partial charge in [0.1, 0.15) is 12.2 Å². The number of nitrogens with zero attached hydrogens (tertiary/aromatic N) is 1. The molecule has 0 saturated heterocycles. The number of nitrogens with one attached hydrogen (secondary N) is 1. The molecule has 0 rings (SSSR count). The van der Waals surface area contributed by atoms with Gasteiger partial charge in [0.2, 0.25) is 0 Å². The Balaban J connectivity index is 3.60. The standard InChI is InChI=1S/C5H9N3/c1-2-3-5(7)8-4-6/h2,4H,1,3H2,(H3,6,7,8). The van der Waals surface area contributed by atoms with Gasteiger partial charge in [-0.2, -0.15) is 0 Å². The lowest BCUT2D eigenvalue weighted by molar-refractivity contribution is 1.38. The van der Waals surface area contributed by atoms with Crippen molar-refractivity contribution in [3.8, 4) is 0 Å². The van der Waals surface area contributed by atoms with Gasteiger partial charge in [-0.05, 0) is 0 Å². The Morgan fingerprint density at radius 3 is 2.88 bits per heavy atom. The van der Waals surface area contributed by atoms with Crippen LogP contribution in [0.4, 0.5) is 0 Å². The molecule has 3 heteroatoms. The molecule has 0 aliphatic heterocycles. The lowest BCUT2D eigenvalue weighted by Crippen LogP contribution is -2.09. The molecule has 0 spiro atoms. The third-order valence-electron chi connectivity index (χ3n) is 0.584. The Hall–Kier alpha value is -1.12. The first kappa shape index (κ1) is 6.88. The summed E-state index contributed by atoms with van der Waals surface area (Å²) in [6.45, 7) is 3.45. The molecule has 0 unspecified atom stereocenters. The zero-order chi connectivity index (χ0) is 6.41. The maximum Gasteiger partial charge on any atom is 0.109 e. The van der Waals surface area contributed by atoms with Crippen LogP contribution in [0.1, 0.15) is 6.42 Å². The molecule has 0 aromatic rings. The smallest absolute Gasteiger partial charge is 0.109 e. The summed E-state index contributed by atoms with van der Waals surface area (Å²) in [5, 5.41) is 6.48. The molecule has 0 fully saturated rings. The summed E-state index contributed by atoms with van der Waals surface area (Å²) in [5.41, 5.74) is 5.22. The summed E-state index contributed by atoms with van der Waals surface area (Å²) in [5.74, 6) is 0.426. The second-order valence-electron chi connectivity index (χ2n) is 1.24. The van der Waals surface area contributed by atoms with Crippen LogP contribution < -0.4 is 5.73 Å². The molecule has 0 aliphatic carbocycles. The molecule has 0 radical (unpaired) electrons. The fourth-order valence-electron chi connectivity index (χ4n) is 0.283. The van der Waals surface area contributed by atoms with Crippen molar-refractivity contribution in [2.45, 2.75) is 6.42 Å². The highest BCUT2D eigenvalue weighted by molar-refractivity contribution is 5.87. The predicted molar refractivity (Wildman–Crippen MR) is 35.2 cm³/mol. The minimum Gasteiger partial charge on any atom is -0.387 e. The number of hydrogen-bond donors (Lipinski definition) is 2.